The van der Waals surface area contributed by atoms with Gasteiger partial charge in [-0.15, -0.1) is 11.8 Å². The molecule has 7 heteroatoms. The van der Waals surface area contributed by atoms with E-state index in [0.29, 0.717) is 23.7 Å². The Balaban J connectivity index is 1.69. The van der Waals surface area contributed by atoms with Crippen molar-refractivity contribution in [1.29, 1.82) is 0 Å². The first-order chi connectivity index (χ1) is 9.25. The maximum atomic E-state index is 11.6. The highest BCUT2D eigenvalue weighted by Crippen LogP contribution is 2.26. The summed E-state index contributed by atoms with van der Waals surface area (Å²) in [4.78, 5) is 16.5. The maximum absolute atomic E-state index is 11.6. The van der Waals surface area contributed by atoms with Gasteiger partial charge in [0.05, 0.1) is 10.8 Å². The first-order valence-electron chi connectivity index (χ1n) is 5.74. The third-order valence-electron chi connectivity index (χ3n) is 2.34. The molecule has 1 amide bonds. The van der Waals surface area contributed by atoms with Crippen LogP contribution in [0.2, 0.25) is 5.02 Å². The number of aromatic amines is 1. The van der Waals surface area contributed by atoms with Gasteiger partial charge in [0, 0.05) is 17.9 Å². The number of benzene rings is 1. The van der Waals surface area contributed by atoms with E-state index in [1.165, 1.54) is 18.1 Å². The lowest BCUT2D eigenvalue weighted by atomic mass is 10.4. The van der Waals surface area contributed by atoms with Crippen LogP contribution in [0.1, 0.15) is 5.82 Å². The first kappa shape index (κ1) is 13.9. The van der Waals surface area contributed by atoms with Crippen LogP contribution in [0.15, 0.2) is 35.5 Å². The number of hydrogen-bond donors (Lipinski definition) is 2. The second-order valence-corrected chi connectivity index (χ2v) is 5.18. The molecule has 100 valence electrons. The van der Waals surface area contributed by atoms with Gasteiger partial charge in [-0.1, -0.05) is 23.7 Å². The highest BCUT2D eigenvalue weighted by molar-refractivity contribution is 8.00. The van der Waals surface area contributed by atoms with Crippen LogP contribution >= 0.6 is 23.4 Å². The minimum absolute atomic E-state index is 0.0237. The zero-order valence-electron chi connectivity index (χ0n) is 10.1. The molecule has 0 saturated carbocycles. The summed E-state index contributed by atoms with van der Waals surface area (Å²) >= 11 is 7.43. The number of amides is 1. The smallest absolute Gasteiger partial charge is 0.230 e. The van der Waals surface area contributed by atoms with Gasteiger partial charge in [-0.25, -0.2) is 4.98 Å². The molecule has 0 saturated heterocycles. The van der Waals surface area contributed by atoms with Gasteiger partial charge < -0.3 is 5.32 Å². The molecule has 2 N–H and O–H groups in total. The summed E-state index contributed by atoms with van der Waals surface area (Å²) < 4.78 is 0. The van der Waals surface area contributed by atoms with Crippen molar-refractivity contribution in [2.75, 3.05) is 12.3 Å². The molecular formula is C12H13ClN4OS. The van der Waals surface area contributed by atoms with E-state index in [2.05, 4.69) is 20.5 Å². The van der Waals surface area contributed by atoms with Crippen molar-refractivity contribution in [3.05, 3.63) is 41.4 Å². The monoisotopic (exact) mass is 296 g/mol. The number of nitrogens with zero attached hydrogens (tertiary/aromatic N) is 2. The van der Waals surface area contributed by atoms with Gasteiger partial charge in [0.15, 0.2) is 0 Å². The molecule has 2 rings (SSSR count). The van der Waals surface area contributed by atoms with Crippen LogP contribution in [0, 0.1) is 0 Å². The molecule has 0 bridgehead atoms. The molecule has 0 fully saturated rings. The lowest BCUT2D eigenvalue weighted by Crippen LogP contribution is -2.27. The van der Waals surface area contributed by atoms with Crippen LogP contribution < -0.4 is 5.32 Å². The largest absolute Gasteiger partial charge is 0.355 e. The van der Waals surface area contributed by atoms with E-state index in [0.717, 1.165) is 10.7 Å². The number of nitrogens with one attached hydrogen (secondary N) is 2. The quantitative estimate of drug-likeness (QED) is 0.799. The van der Waals surface area contributed by atoms with Crippen molar-refractivity contribution < 1.29 is 4.79 Å². The van der Waals surface area contributed by atoms with Gasteiger partial charge in [0.25, 0.3) is 0 Å². The van der Waals surface area contributed by atoms with Gasteiger partial charge >= 0.3 is 0 Å². The van der Waals surface area contributed by atoms with E-state index in [9.17, 15) is 4.79 Å². The van der Waals surface area contributed by atoms with Gasteiger partial charge in [-0.3, -0.25) is 9.89 Å². The molecule has 0 aliphatic rings. The molecule has 1 heterocycles. The topological polar surface area (TPSA) is 70.7 Å². The highest BCUT2D eigenvalue weighted by atomic mass is 35.5. The third kappa shape index (κ3) is 4.57. The lowest BCUT2D eigenvalue weighted by Gasteiger charge is -2.05. The number of carbonyl (C=O) groups is 1. The summed E-state index contributed by atoms with van der Waals surface area (Å²) in [7, 11) is 0. The highest BCUT2D eigenvalue weighted by Gasteiger charge is 2.05. The van der Waals surface area contributed by atoms with Crippen molar-refractivity contribution >= 4 is 29.3 Å². The summed E-state index contributed by atoms with van der Waals surface area (Å²) in [6.45, 7) is 0.539. The number of H-pyrrole nitrogens is 1. The number of carbonyl (C=O) groups excluding carboxylic acids is 1. The minimum atomic E-state index is -0.0237. The maximum Gasteiger partial charge on any atom is 0.230 e. The molecule has 5 nitrogen and oxygen atoms in total. The fraction of sp³-hybridized carbons (Fsp3) is 0.250. The standard InChI is InChI=1S/C12H13ClN4OS/c13-9-3-1-2-4-10(9)19-7-12(18)14-6-5-11-15-8-16-17-11/h1-4,8H,5-7H2,(H,14,18)(H,15,16,17). The van der Waals surface area contributed by atoms with E-state index < -0.39 is 0 Å². The van der Waals surface area contributed by atoms with Crippen LogP contribution in [0.5, 0.6) is 0 Å². The summed E-state index contributed by atoms with van der Waals surface area (Å²) in [6.07, 6.45) is 2.09. The predicted molar refractivity (Wildman–Crippen MR) is 75.3 cm³/mol. The van der Waals surface area contributed by atoms with E-state index in [-0.39, 0.29) is 5.91 Å². The molecule has 0 spiro atoms. The van der Waals surface area contributed by atoms with Gasteiger partial charge in [0.1, 0.15) is 12.2 Å². The zero-order chi connectivity index (χ0) is 13.5. The SMILES string of the molecule is O=C(CSc1ccccc1Cl)NCCc1ncn[nH]1. The molecule has 1 aromatic carbocycles. The van der Waals surface area contributed by atoms with E-state index in [1.54, 1.807) is 0 Å². The van der Waals surface area contributed by atoms with Crippen molar-refractivity contribution in [2.45, 2.75) is 11.3 Å². The van der Waals surface area contributed by atoms with Crippen molar-refractivity contribution in [1.82, 2.24) is 20.5 Å². The zero-order valence-corrected chi connectivity index (χ0v) is 11.7. The molecule has 0 radical (unpaired) electrons. The van der Waals surface area contributed by atoms with Crippen molar-refractivity contribution in [3.8, 4) is 0 Å². The number of thioether (sulfide) groups is 1. The van der Waals surface area contributed by atoms with E-state index in [4.69, 9.17) is 11.6 Å². The average molecular weight is 297 g/mol. The Kier molecular flexibility index (Phi) is 5.23. The molecule has 19 heavy (non-hydrogen) atoms. The Morgan fingerprint density at radius 2 is 2.26 bits per heavy atom. The second-order valence-electron chi connectivity index (χ2n) is 3.75. The Bertz CT molecular complexity index is 532. The Morgan fingerprint density at radius 3 is 3.00 bits per heavy atom. The van der Waals surface area contributed by atoms with Crippen molar-refractivity contribution in [3.63, 3.8) is 0 Å². The average Bonchev–Trinajstić information content (AvgIpc) is 2.91. The second kappa shape index (κ2) is 7.16. The van der Waals surface area contributed by atoms with E-state index >= 15 is 0 Å². The third-order valence-corrected chi connectivity index (χ3v) is 3.86. The summed E-state index contributed by atoms with van der Waals surface area (Å²) in [6, 6.07) is 7.47. The first-order valence-corrected chi connectivity index (χ1v) is 7.10. The molecule has 0 aliphatic heterocycles. The number of hydrogen-bond acceptors (Lipinski definition) is 4. The molecule has 0 atom stereocenters. The van der Waals surface area contributed by atoms with Crippen LogP contribution in [-0.4, -0.2) is 33.4 Å². The van der Waals surface area contributed by atoms with Crippen LogP contribution in [0.3, 0.4) is 0 Å². The lowest BCUT2D eigenvalue weighted by molar-refractivity contribution is -0.118. The Labute approximate surface area is 120 Å². The fourth-order valence-electron chi connectivity index (χ4n) is 1.43. The summed E-state index contributed by atoms with van der Waals surface area (Å²) in [5.41, 5.74) is 0. The molecule has 2 aromatic rings. The van der Waals surface area contributed by atoms with Crippen molar-refractivity contribution in [2.24, 2.45) is 0 Å². The number of rotatable bonds is 6. The summed E-state index contributed by atoms with van der Waals surface area (Å²) in [5.74, 6) is 1.09. The van der Waals surface area contributed by atoms with E-state index in [1.807, 2.05) is 24.3 Å². The predicted octanol–water partition coefficient (Wildman–Crippen LogP) is 1.91. The normalized spacial score (nSPS) is 10.4. The molecule has 0 unspecified atom stereocenters. The molecular weight excluding hydrogens is 284 g/mol. The number of aromatic nitrogens is 3. The fourth-order valence-corrected chi connectivity index (χ4v) is 2.50. The number of halogens is 1. The van der Waals surface area contributed by atoms with Crippen LogP contribution in [0.4, 0.5) is 0 Å². The van der Waals surface area contributed by atoms with Gasteiger partial charge in [-0.05, 0) is 12.1 Å². The van der Waals surface area contributed by atoms with Crippen LogP contribution in [0.25, 0.3) is 0 Å². The molecule has 0 aliphatic carbocycles. The van der Waals surface area contributed by atoms with Gasteiger partial charge in [-0.2, -0.15) is 5.10 Å². The summed E-state index contributed by atoms with van der Waals surface area (Å²) in [5, 5.41) is 9.97. The Hall–Kier alpha value is -1.53. The molecule has 1 aromatic heterocycles. The minimum Gasteiger partial charge on any atom is -0.355 e. The van der Waals surface area contributed by atoms with Crippen LogP contribution in [-0.2, 0) is 11.2 Å². The Morgan fingerprint density at radius 1 is 1.42 bits per heavy atom. The van der Waals surface area contributed by atoms with Gasteiger partial charge in [0.2, 0.25) is 5.91 Å².